The van der Waals surface area contributed by atoms with Gasteiger partial charge in [0.15, 0.2) is 9.84 Å². The Kier molecular flexibility index (Phi) is 5.43. The molecule has 0 amide bonds. The molecule has 0 aromatic heterocycles. The van der Waals surface area contributed by atoms with E-state index in [0.29, 0.717) is 11.5 Å². The Labute approximate surface area is 97.3 Å². The second kappa shape index (κ2) is 6.11. The van der Waals surface area contributed by atoms with E-state index in [4.69, 9.17) is 0 Å². The first-order valence-electron chi connectivity index (χ1n) is 5.51. The minimum absolute atomic E-state index is 0.203. The molecule has 0 bridgehead atoms. The highest BCUT2D eigenvalue weighted by molar-refractivity contribution is 7.99. The number of rotatable bonds is 6. The van der Waals surface area contributed by atoms with Crippen LogP contribution in [0.2, 0.25) is 0 Å². The van der Waals surface area contributed by atoms with Crippen molar-refractivity contribution in [1.82, 2.24) is 5.32 Å². The normalized spacial score (nSPS) is 24.9. The minimum Gasteiger partial charge on any atom is -0.312 e. The number of hydrogen-bond acceptors (Lipinski definition) is 4. The molecule has 0 aliphatic carbocycles. The van der Waals surface area contributed by atoms with Gasteiger partial charge in [0.05, 0.1) is 11.5 Å². The van der Waals surface area contributed by atoms with Gasteiger partial charge in [0, 0.05) is 18.3 Å². The molecule has 1 fully saturated rings. The molecule has 1 heterocycles. The first kappa shape index (κ1) is 13.3. The Morgan fingerprint density at radius 3 is 2.73 bits per heavy atom. The topological polar surface area (TPSA) is 46.2 Å². The SMILES string of the molecule is CC(C)CSCCNC1CCS(=O)(=O)C1. The molecule has 1 unspecified atom stereocenters. The van der Waals surface area contributed by atoms with Crippen molar-refractivity contribution in [3.8, 4) is 0 Å². The van der Waals surface area contributed by atoms with Gasteiger partial charge in [-0.3, -0.25) is 0 Å². The smallest absolute Gasteiger partial charge is 0.151 e. The molecule has 1 atom stereocenters. The Hall–Kier alpha value is 0.260. The molecule has 15 heavy (non-hydrogen) atoms. The monoisotopic (exact) mass is 251 g/mol. The van der Waals surface area contributed by atoms with Gasteiger partial charge in [-0.15, -0.1) is 0 Å². The summed E-state index contributed by atoms with van der Waals surface area (Å²) in [7, 11) is -2.72. The van der Waals surface area contributed by atoms with E-state index in [1.807, 2.05) is 11.8 Å². The molecule has 0 aromatic rings. The van der Waals surface area contributed by atoms with Crippen molar-refractivity contribution in [3.63, 3.8) is 0 Å². The molecular weight excluding hydrogens is 230 g/mol. The fourth-order valence-electron chi connectivity index (χ4n) is 1.61. The highest BCUT2D eigenvalue weighted by Crippen LogP contribution is 2.11. The number of hydrogen-bond donors (Lipinski definition) is 1. The van der Waals surface area contributed by atoms with Gasteiger partial charge in [-0.05, 0) is 18.1 Å². The molecule has 1 saturated heterocycles. The largest absolute Gasteiger partial charge is 0.312 e. The lowest BCUT2D eigenvalue weighted by atomic mass is 10.3. The van der Waals surface area contributed by atoms with Crippen molar-refractivity contribution in [2.75, 3.05) is 29.6 Å². The van der Waals surface area contributed by atoms with Crippen LogP contribution in [0.25, 0.3) is 0 Å². The molecule has 1 aliphatic heterocycles. The van der Waals surface area contributed by atoms with E-state index in [2.05, 4.69) is 19.2 Å². The Balaban J connectivity index is 2.02. The van der Waals surface area contributed by atoms with Crippen LogP contribution < -0.4 is 5.32 Å². The van der Waals surface area contributed by atoms with Crippen molar-refractivity contribution in [2.24, 2.45) is 5.92 Å². The lowest BCUT2D eigenvalue weighted by Gasteiger charge is -2.10. The van der Waals surface area contributed by atoms with Crippen LogP contribution in [0.1, 0.15) is 20.3 Å². The maximum absolute atomic E-state index is 11.2. The van der Waals surface area contributed by atoms with Crippen LogP contribution in [0.5, 0.6) is 0 Å². The molecule has 0 radical (unpaired) electrons. The Bertz CT molecular complexity index is 275. The third-order valence-electron chi connectivity index (χ3n) is 2.36. The Morgan fingerprint density at radius 1 is 1.47 bits per heavy atom. The standard InChI is InChI=1S/C10H21NO2S2/c1-9(2)7-14-5-4-11-10-3-6-15(12,13)8-10/h9-11H,3-8H2,1-2H3. The summed E-state index contributed by atoms with van der Waals surface area (Å²) in [4.78, 5) is 0. The summed E-state index contributed by atoms with van der Waals surface area (Å²) in [6.45, 7) is 5.35. The fourth-order valence-corrected chi connectivity index (χ4v) is 4.22. The second-order valence-corrected chi connectivity index (χ2v) is 7.90. The van der Waals surface area contributed by atoms with E-state index in [1.54, 1.807) is 0 Å². The van der Waals surface area contributed by atoms with Crippen molar-refractivity contribution in [3.05, 3.63) is 0 Å². The summed E-state index contributed by atoms with van der Waals surface area (Å²) in [6, 6.07) is 0.203. The van der Waals surface area contributed by atoms with Crippen LogP contribution in [0.15, 0.2) is 0 Å². The van der Waals surface area contributed by atoms with E-state index in [-0.39, 0.29) is 6.04 Å². The lowest BCUT2D eigenvalue weighted by molar-refractivity contribution is 0.574. The highest BCUT2D eigenvalue weighted by atomic mass is 32.2. The average Bonchev–Trinajstić information content (AvgIpc) is 2.44. The summed E-state index contributed by atoms with van der Waals surface area (Å²) >= 11 is 1.93. The van der Waals surface area contributed by atoms with Crippen molar-refractivity contribution in [1.29, 1.82) is 0 Å². The van der Waals surface area contributed by atoms with Gasteiger partial charge in [0.2, 0.25) is 0 Å². The maximum atomic E-state index is 11.2. The lowest BCUT2D eigenvalue weighted by Crippen LogP contribution is -2.31. The van der Waals surface area contributed by atoms with Gasteiger partial charge in [0.1, 0.15) is 0 Å². The summed E-state index contributed by atoms with van der Waals surface area (Å²) < 4.78 is 22.3. The molecule has 1 N–H and O–H groups in total. The predicted molar refractivity (Wildman–Crippen MR) is 67.2 cm³/mol. The van der Waals surface area contributed by atoms with Gasteiger partial charge in [-0.25, -0.2) is 8.42 Å². The van der Waals surface area contributed by atoms with E-state index in [1.165, 1.54) is 5.75 Å². The predicted octanol–water partition coefficient (Wildman–Crippen LogP) is 1.15. The summed E-state index contributed by atoms with van der Waals surface area (Å²) in [5, 5.41) is 3.31. The van der Waals surface area contributed by atoms with Crippen LogP contribution in [0.3, 0.4) is 0 Å². The van der Waals surface area contributed by atoms with Gasteiger partial charge in [-0.1, -0.05) is 13.8 Å². The van der Waals surface area contributed by atoms with Crippen LogP contribution in [-0.2, 0) is 9.84 Å². The van der Waals surface area contributed by atoms with Crippen LogP contribution in [0, 0.1) is 5.92 Å². The molecule has 1 rings (SSSR count). The zero-order valence-electron chi connectivity index (χ0n) is 9.53. The zero-order chi connectivity index (χ0) is 11.3. The van der Waals surface area contributed by atoms with E-state index in [0.717, 1.165) is 24.6 Å². The molecule has 0 saturated carbocycles. The van der Waals surface area contributed by atoms with Crippen LogP contribution in [0.4, 0.5) is 0 Å². The minimum atomic E-state index is -2.72. The number of thioether (sulfide) groups is 1. The first-order valence-corrected chi connectivity index (χ1v) is 8.49. The molecule has 90 valence electrons. The fraction of sp³-hybridized carbons (Fsp3) is 1.00. The average molecular weight is 251 g/mol. The molecule has 3 nitrogen and oxygen atoms in total. The van der Waals surface area contributed by atoms with Gasteiger partial charge >= 0.3 is 0 Å². The number of sulfone groups is 1. The van der Waals surface area contributed by atoms with Gasteiger partial charge in [0.25, 0.3) is 0 Å². The summed E-state index contributed by atoms with van der Waals surface area (Å²) in [5.74, 6) is 3.70. The van der Waals surface area contributed by atoms with Crippen molar-refractivity contribution >= 4 is 21.6 Å². The highest BCUT2D eigenvalue weighted by Gasteiger charge is 2.26. The molecule has 1 aliphatic rings. The molecular formula is C10H21NO2S2. The third kappa shape index (κ3) is 5.78. The van der Waals surface area contributed by atoms with Crippen molar-refractivity contribution < 1.29 is 8.42 Å². The summed E-state index contributed by atoms with van der Waals surface area (Å²) in [6.07, 6.45) is 0.789. The van der Waals surface area contributed by atoms with Crippen LogP contribution in [-0.4, -0.2) is 44.0 Å². The van der Waals surface area contributed by atoms with Crippen molar-refractivity contribution in [2.45, 2.75) is 26.3 Å². The molecule has 0 aromatic carbocycles. The molecule has 0 spiro atoms. The van der Waals surface area contributed by atoms with Crippen LogP contribution >= 0.6 is 11.8 Å². The third-order valence-corrected chi connectivity index (χ3v) is 5.53. The summed E-state index contributed by atoms with van der Waals surface area (Å²) in [5.41, 5.74) is 0. The second-order valence-electron chi connectivity index (χ2n) is 4.52. The van der Waals surface area contributed by atoms with Gasteiger partial charge in [-0.2, -0.15) is 11.8 Å². The maximum Gasteiger partial charge on any atom is 0.151 e. The zero-order valence-corrected chi connectivity index (χ0v) is 11.2. The Morgan fingerprint density at radius 2 is 2.20 bits per heavy atom. The quantitative estimate of drug-likeness (QED) is 0.720. The van der Waals surface area contributed by atoms with E-state index < -0.39 is 9.84 Å². The van der Waals surface area contributed by atoms with E-state index >= 15 is 0 Å². The van der Waals surface area contributed by atoms with E-state index in [9.17, 15) is 8.42 Å². The van der Waals surface area contributed by atoms with Gasteiger partial charge < -0.3 is 5.32 Å². The first-order chi connectivity index (χ1) is 6.99. The molecule has 5 heteroatoms. The number of nitrogens with one attached hydrogen (secondary N) is 1.